The van der Waals surface area contributed by atoms with E-state index < -0.39 is 5.97 Å². The number of imidazole rings is 1. The number of aromatic nitrogens is 2. The molecule has 0 amide bonds. The Balaban J connectivity index is 1.75. The van der Waals surface area contributed by atoms with Crippen molar-refractivity contribution in [1.82, 2.24) is 9.97 Å². The minimum atomic E-state index is -0.392. The van der Waals surface area contributed by atoms with Crippen LogP contribution in [0.3, 0.4) is 0 Å². The molecule has 1 aromatic heterocycles. The van der Waals surface area contributed by atoms with E-state index in [1.165, 1.54) is 7.11 Å². The van der Waals surface area contributed by atoms with Crippen LogP contribution in [0.4, 0.5) is 0 Å². The van der Waals surface area contributed by atoms with Gasteiger partial charge in [-0.2, -0.15) is 0 Å². The van der Waals surface area contributed by atoms with Crippen LogP contribution in [0.5, 0.6) is 5.75 Å². The summed E-state index contributed by atoms with van der Waals surface area (Å²) in [4.78, 5) is 19.5. The Morgan fingerprint density at radius 2 is 1.96 bits per heavy atom. The lowest BCUT2D eigenvalue weighted by atomic mass is 10.2. The molecule has 0 spiro atoms. The summed E-state index contributed by atoms with van der Waals surface area (Å²) in [6, 6.07) is 13.3. The van der Waals surface area contributed by atoms with Gasteiger partial charge in [-0.25, -0.2) is 9.78 Å². The number of hydrogen-bond acceptors (Lipinski definition) is 4. The first kappa shape index (κ1) is 17.7. The quantitative estimate of drug-likeness (QED) is 0.495. The zero-order valence-corrected chi connectivity index (χ0v) is 15.0. The number of hydrogen-bond donors (Lipinski definition) is 1. The average molecular weight is 350 g/mol. The molecular formula is C21H22N2O3. The predicted octanol–water partition coefficient (Wildman–Crippen LogP) is 4.70. The van der Waals surface area contributed by atoms with Gasteiger partial charge in [-0.1, -0.05) is 37.6 Å². The summed E-state index contributed by atoms with van der Waals surface area (Å²) in [5.41, 5.74) is 2.90. The topological polar surface area (TPSA) is 64.2 Å². The summed E-state index contributed by atoms with van der Waals surface area (Å²) < 4.78 is 10.5. The molecule has 5 nitrogen and oxygen atoms in total. The number of ether oxygens (including phenoxy) is 2. The third-order valence-corrected chi connectivity index (χ3v) is 4.02. The standard InChI is InChI=1S/C21H22N2O3/c1-3-4-14-26-16-11-8-15(9-12-16)10-13-19-22-18-7-5-6-17(20(18)23-19)21(24)25-2/h5-13H,3-4,14H2,1-2H3,(H,22,23). The fourth-order valence-corrected chi connectivity index (χ4v) is 2.59. The second kappa shape index (κ2) is 8.34. The smallest absolute Gasteiger partial charge is 0.340 e. The molecule has 0 fully saturated rings. The van der Waals surface area contributed by atoms with Crippen molar-refractivity contribution in [3.05, 3.63) is 59.4 Å². The number of aromatic amines is 1. The van der Waals surface area contributed by atoms with Crippen LogP contribution in [0, 0.1) is 0 Å². The van der Waals surface area contributed by atoms with E-state index in [0.29, 0.717) is 16.9 Å². The number of carbonyl (C=O) groups excluding carboxylic acids is 1. The van der Waals surface area contributed by atoms with Crippen LogP contribution >= 0.6 is 0 Å². The maximum Gasteiger partial charge on any atom is 0.340 e. The van der Waals surface area contributed by atoms with Crippen LogP contribution in [0.25, 0.3) is 23.2 Å². The normalized spacial score (nSPS) is 11.2. The molecule has 1 N–H and O–H groups in total. The van der Waals surface area contributed by atoms with Gasteiger partial charge in [0.05, 0.1) is 24.8 Å². The molecule has 0 saturated heterocycles. The van der Waals surface area contributed by atoms with Crippen LogP contribution < -0.4 is 4.74 Å². The van der Waals surface area contributed by atoms with Crippen LogP contribution in [-0.2, 0) is 4.74 Å². The van der Waals surface area contributed by atoms with Crippen LogP contribution in [0.1, 0.15) is 41.5 Å². The Labute approximate surface area is 152 Å². The van der Waals surface area contributed by atoms with E-state index >= 15 is 0 Å². The summed E-state index contributed by atoms with van der Waals surface area (Å²) in [7, 11) is 1.37. The highest BCUT2D eigenvalue weighted by Gasteiger charge is 2.12. The van der Waals surface area contributed by atoms with Crippen molar-refractivity contribution >= 4 is 29.2 Å². The summed E-state index contributed by atoms with van der Waals surface area (Å²) in [5, 5.41) is 0. The van der Waals surface area contributed by atoms with E-state index in [1.807, 2.05) is 42.5 Å². The average Bonchev–Trinajstić information content (AvgIpc) is 3.10. The minimum absolute atomic E-state index is 0.392. The molecular weight excluding hydrogens is 328 g/mol. The highest BCUT2D eigenvalue weighted by atomic mass is 16.5. The highest BCUT2D eigenvalue weighted by Crippen LogP contribution is 2.19. The zero-order chi connectivity index (χ0) is 18.4. The van der Waals surface area contributed by atoms with Gasteiger partial charge >= 0.3 is 5.97 Å². The van der Waals surface area contributed by atoms with E-state index in [-0.39, 0.29) is 0 Å². The van der Waals surface area contributed by atoms with Gasteiger partial charge in [0.15, 0.2) is 0 Å². The lowest BCUT2D eigenvalue weighted by Crippen LogP contribution is -2.01. The molecule has 5 heteroatoms. The number of rotatable bonds is 7. The molecule has 0 aliphatic rings. The Morgan fingerprint density at radius 1 is 1.15 bits per heavy atom. The number of esters is 1. The third-order valence-electron chi connectivity index (χ3n) is 4.02. The summed E-state index contributed by atoms with van der Waals surface area (Å²) >= 11 is 0. The number of carbonyl (C=O) groups is 1. The summed E-state index contributed by atoms with van der Waals surface area (Å²) in [6.45, 7) is 2.89. The summed E-state index contributed by atoms with van der Waals surface area (Å²) in [5.74, 6) is 1.16. The van der Waals surface area contributed by atoms with E-state index in [4.69, 9.17) is 9.47 Å². The van der Waals surface area contributed by atoms with Crippen molar-refractivity contribution in [1.29, 1.82) is 0 Å². The van der Waals surface area contributed by atoms with Gasteiger partial charge in [0.2, 0.25) is 0 Å². The second-order valence-electron chi connectivity index (χ2n) is 5.92. The molecule has 2 aromatic carbocycles. The Morgan fingerprint density at radius 3 is 2.69 bits per heavy atom. The van der Waals surface area contributed by atoms with Gasteiger partial charge in [0.1, 0.15) is 17.1 Å². The molecule has 3 aromatic rings. The lowest BCUT2D eigenvalue weighted by molar-refractivity contribution is 0.0603. The number of H-pyrrole nitrogens is 1. The van der Waals surface area contributed by atoms with Crippen molar-refractivity contribution in [2.75, 3.05) is 13.7 Å². The highest BCUT2D eigenvalue weighted by molar-refractivity contribution is 6.02. The van der Waals surface area contributed by atoms with E-state index in [9.17, 15) is 4.79 Å². The fourth-order valence-electron chi connectivity index (χ4n) is 2.59. The summed E-state index contributed by atoms with van der Waals surface area (Å²) in [6.07, 6.45) is 6.02. The van der Waals surface area contributed by atoms with Gasteiger partial charge < -0.3 is 14.5 Å². The van der Waals surface area contributed by atoms with Gasteiger partial charge in [-0.3, -0.25) is 0 Å². The molecule has 0 atom stereocenters. The number of unbranched alkanes of at least 4 members (excludes halogenated alkanes) is 1. The molecule has 0 unspecified atom stereocenters. The van der Waals surface area contributed by atoms with Gasteiger partial charge in [0, 0.05) is 0 Å². The number of nitrogens with one attached hydrogen (secondary N) is 1. The van der Waals surface area contributed by atoms with E-state index in [1.54, 1.807) is 12.1 Å². The first-order valence-electron chi connectivity index (χ1n) is 8.69. The molecule has 3 rings (SSSR count). The fraction of sp³-hybridized carbons (Fsp3) is 0.238. The Hall–Kier alpha value is -3.08. The molecule has 134 valence electrons. The van der Waals surface area contributed by atoms with E-state index in [2.05, 4.69) is 16.9 Å². The first-order valence-corrected chi connectivity index (χ1v) is 8.69. The predicted molar refractivity (Wildman–Crippen MR) is 103 cm³/mol. The van der Waals surface area contributed by atoms with Crippen molar-refractivity contribution in [2.45, 2.75) is 19.8 Å². The van der Waals surface area contributed by atoms with Crippen molar-refractivity contribution in [3.8, 4) is 5.75 Å². The van der Waals surface area contributed by atoms with Crippen molar-refractivity contribution in [2.24, 2.45) is 0 Å². The number of nitrogens with zero attached hydrogens (tertiary/aromatic N) is 1. The molecule has 0 saturated carbocycles. The molecule has 0 aliphatic heterocycles. The number of benzene rings is 2. The molecule has 26 heavy (non-hydrogen) atoms. The zero-order valence-electron chi connectivity index (χ0n) is 15.0. The number of para-hydroxylation sites is 1. The maximum atomic E-state index is 11.8. The van der Waals surface area contributed by atoms with Crippen LogP contribution in [-0.4, -0.2) is 29.7 Å². The Kier molecular flexibility index (Phi) is 5.69. The largest absolute Gasteiger partial charge is 0.494 e. The van der Waals surface area contributed by atoms with Gasteiger partial charge in [-0.05, 0) is 42.3 Å². The maximum absolute atomic E-state index is 11.8. The SMILES string of the molecule is CCCCOc1ccc(C=Cc2nc3c(C(=O)OC)cccc3[nH]2)cc1. The number of methoxy groups -OCH3 is 1. The van der Waals surface area contributed by atoms with Crippen LogP contribution in [0.2, 0.25) is 0 Å². The third kappa shape index (κ3) is 4.11. The number of fused-ring (bicyclic) bond motifs is 1. The minimum Gasteiger partial charge on any atom is -0.494 e. The van der Waals surface area contributed by atoms with E-state index in [0.717, 1.165) is 36.3 Å². The molecule has 0 bridgehead atoms. The van der Waals surface area contributed by atoms with Crippen molar-refractivity contribution < 1.29 is 14.3 Å². The van der Waals surface area contributed by atoms with Gasteiger partial charge in [-0.15, -0.1) is 0 Å². The lowest BCUT2D eigenvalue weighted by Gasteiger charge is -2.04. The van der Waals surface area contributed by atoms with Gasteiger partial charge in [0.25, 0.3) is 0 Å². The molecule has 0 aliphatic carbocycles. The van der Waals surface area contributed by atoms with Crippen LogP contribution in [0.15, 0.2) is 42.5 Å². The molecule has 0 radical (unpaired) electrons. The second-order valence-corrected chi connectivity index (χ2v) is 5.92. The molecule has 1 heterocycles. The van der Waals surface area contributed by atoms with Crippen molar-refractivity contribution in [3.63, 3.8) is 0 Å². The Bertz CT molecular complexity index is 911. The first-order chi connectivity index (χ1) is 12.7. The monoisotopic (exact) mass is 350 g/mol.